The number of hydrogen-bond donors (Lipinski definition) is 0. The molecule has 0 fully saturated rings. The Morgan fingerprint density at radius 1 is 1.33 bits per heavy atom. The fourth-order valence-electron chi connectivity index (χ4n) is 0.692. The standard InChI is InChI=1S/C9H10/c1-9-7-5-3-2-4-6-8-9/h2-6H,7H2,1H3/b4-2-,5-3-. The molecule has 0 amide bonds. The molecule has 1 aliphatic rings. The topological polar surface area (TPSA) is 0 Å². The smallest absolute Gasteiger partial charge is 0.00622 e. The Labute approximate surface area is 55.9 Å². The van der Waals surface area contributed by atoms with Crippen LogP contribution < -0.4 is 0 Å². The quantitative estimate of drug-likeness (QED) is 0.429. The highest BCUT2D eigenvalue weighted by Gasteiger charge is 1.80. The van der Waals surface area contributed by atoms with Gasteiger partial charge in [-0.3, -0.25) is 0 Å². The minimum Gasteiger partial charge on any atom is -0.122 e. The van der Waals surface area contributed by atoms with E-state index in [1.165, 1.54) is 5.57 Å². The van der Waals surface area contributed by atoms with Gasteiger partial charge in [-0.1, -0.05) is 24.3 Å². The number of allylic oxidation sites excluding steroid dienone is 5. The number of hydrogen-bond acceptors (Lipinski definition) is 0. The van der Waals surface area contributed by atoms with Gasteiger partial charge in [0.15, 0.2) is 0 Å². The van der Waals surface area contributed by atoms with E-state index in [0.29, 0.717) is 0 Å². The molecule has 0 spiro atoms. The molecular formula is C9H10. The molecule has 0 aromatic heterocycles. The lowest BCUT2D eigenvalue weighted by molar-refractivity contribution is 1.22. The molecule has 0 N–H and O–H groups in total. The van der Waals surface area contributed by atoms with Crippen LogP contribution in [0.15, 0.2) is 41.7 Å². The van der Waals surface area contributed by atoms with Crippen LogP contribution in [0.3, 0.4) is 0 Å². The van der Waals surface area contributed by atoms with Crippen molar-refractivity contribution in [2.24, 2.45) is 0 Å². The van der Waals surface area contributed by atoms with Crippen LogP contribution in [0.5, 0.6) is 0 Å². The van der Waals surface area contributed by atoms with Gasteiger partial charge in [0.2, 0.25) is 0 Å². The van der Waals surface area contributed by atoms with Gasteiger partial charge in [-0.25, -0.2) is 0 Å². The van der Waals surface area contributed by atoms with Crippen LogP contribution >= 0.6 is 0 Å². The van der Waals surface area contributed by atoms with Crippen molar-refractivity contribution < 1.29 is 0 Å². The summed E-state index contributed by atoms with van der Waals surface area (Å²) in [5, 5.41) is 0. The van der Waals surface area contributed by atoms with Crippen LogP contribution in [-0.4, -0.2) is 0 Å². The molecule has 1 aliphatic carbocycles. The lowest BCUT2D eigenvalue weighted by Gasteiger charge is -1.88. The maximum absolute atomic E-state index is 3.14. The van der Waals surface area contributed by atoms with Crippen molar-refractivity contribution >= 4 is 0 Å². The first-order chi connectivity index (χ1) is 4.39. The van der Waals surface area contributed by atoms with E-state index in [1.807, 2.05) is 18.2 Å². The third-order valence-corrected chi connectivity index (χ3v) is 1.21. The molecule has 0 unspecified atom stereocenters. The lowest BCUT2D eigenvalue weighted by atomic mass is 10.2. The molecule has 0 aromatic carbocycles. The van der Waals surface area contributed by atoms with E-state index in [0.717, 1.165) is 6.42 Å². The molecule has 0 nitrogen and oxygen atoms in total. The summed E-state index contributed by atoms with van der Waals surface area (Å²) in [6.45, 7) is 2.08. The fourth-order valence-corrected chi connectivity index (χ4v) is 0.692. The zero-order chi connectivity index (χ0) is 6.53. The second-order valence-corrected chi connectivity index (χ2v) is 2.11. The first-order valence-corrected chi connectivity index (χ1v) is 3.13. The summed E-state index contributed by atoms with van der Waals surface area (Å²) in [5.41, 5.74) is 4.43. The van der Waals surface area contributed by atoms with E-state index in [4.69, 9.17) is 0 Å². The highest BCUT2D eigenvalue weighted by atomic mass is 13.9. The van der Waals surface area contributed by atoms with Crippen molar-refractivity contribution in [1.82, 2.24) is 0 Å². The monoisotopic (exact) mass is 118 g/mol. The molecule has 0 bridgehead atoms. The van der Waals surface area contributed by atoms with Crippen LogP contribution in [0.2, 0.25) is 0 Å². The van der Waals surface area contributed by atoms with E-state index >= 15 is 0 Å². The summed E-state index contributed by atoms with van der Waals surface area (Å²) in [5.74, 6) is 0. The van der Waals surface area contributed by atoms with Crippen molar-refractivity contribution in [1.29, 1.82) is 0 Å². The van der Waals surface area contributed by atoms with Gasteiger partial charge in [-0.15, -0.1) is 5.73 Å². The van der Waals surface area contributed by atoms with Crippen molar-refractivity contribution in [2.45, 2.75) is 13.3 Å². The summed E-state index contributed by atoms with van der Waals surface area (Å²) < 4.78 is 0. The van der Waals surface area contributed by atoms with E-state index in [2.05, 4.69) is 24.8 Å². The summed E-state index contributed by atoms with van der Waals surface area (Å²) >= 11 is 0. The molecule has 0 atom stereocenters. The minimum atomic E-state index is 1.03. The summed E-state index contributed by atoms with van der Waals surface area (Å²) in [7, 11) is 0. The molecule has 0 radical (unpaired) electrons. The molecular weight excluding hydrogens is 108 g/mol. The van der Waals surface area contributed by atoms with Crippen molar-refractivity contribution in [3.8, 4) is 0 Å². The van der Waals surface area contributed by atoms with Gasteiger partial charge < -0.3 is 0 Å². The van der Waals surface area contributed by atoms with Crippen LogP contribution in [0, 0.1) is 0 Å². The van der Waals surface area contributed by atoms with Gasteiger partial charge in [0.05, 0.1) is 0 Å². The van der Waals surface area contributed by atoms with Crippen molar-refractivity contribution in [3.63, 3.8) is 0 Å². The van der Waals surface area contributed by atoms with E-state index in [1.54, 1.807) is 0 Å². The second kappa shape index (κ2) is 3.11. The summed E-state index contributed by atoms with van der Waals surface area (Å²) in [4.78, 5) is 0. The van der Waals surface area contributed by atoms with Gasteiger partial charge in [-0.2, -0.15) is 0 Å². The van der Waals surface area contributed by atoms with Gasteiger partial charge in [0, 0.05) is 0 Å². The molecule has 1 rings (SSSR count). The Bertz CT molecular complexity index is 198. The van der Waals surface area contributed by atoms with Crippen LogP contribution in [-0.2, 0) is 0 Å². The van der Waals surface area contributed by atoms with Gasteiger partial charge in [-0.05, 0) is 25.0 Å². The Kier molecular flexibility index (Phi) is 2.12. The molecule has 0 aromatic rings. The van der Waals surface area contributed by atoms with E-state index in [9.17, 15) is 0 Å². The Morgan fingerprint density at radius 2 is 2.22 bits per heavy atom. The Hall–Kier alpha value is -1.00. The minimum absolute atomic E-state index is 1.03. The fraction of sp³-hybridized carbons (Fsp3) is 0.222. The SMILES string of the molecule is CC1=C=C/C=C\C=C/C1. The van der Waals surface area contributed by atoms with E-state index in [-0.39, 0.29) is 0 Å². The normalized spacial score (nSPS) is 23.9. The third kappa shape index (κ3) is 2.16. The maximum Gasteiger partial charge on any atom is -0.00622 e. The lowest BCUT2D eigenvalue weighted by Crippen LogP contribution is -1.69. The maximum atomic E-state index is 3.14. The van der Waals surface area contributed by atoms with Crippen molar-refractivity contribution in [2.75, 3.05) is 0 Å². The average molecular weight is 118 g/mol. The van der Waals surface area contributed by atoms with Gasteiger partial charge >= 0.3 is 0 Å². The molecule has 0 heterocycles. The average Bonchev–Trinajstić information content (AvgIpc) is 1.79. The van der Waals surface area contributed by atoms with Gasteiger partial charge in [0.25, 0.3) is 0 Å². The van der Waals surface area contributed by atoms with Crippen molar-refractivity contribution in [3.05, 3.63) is 41.7 Å². The van der Waals surface area contributed by atoms with E-state index < -0.39 is 0 Å². The summed E-state index contributed by atoms with van der Waals surface area (Å²) in [6.07, 6.45) is 11.2. The molecule has 46 valence electrons. The Balaban J connectivity index is 2.82. The zero-order valence-electron chi connectivity index (χ0n) is 5.59. The molecule has 0 aliphatic heterocycles. The molecule has 0 heteroatoms. The largest absolute Gasteiger partial charge is 0.122 e. The van der Waals surface area contributed by atoms with Crippen LogP contribution in [0.4, 0.5) is 0 Å². The summed E-state index contributed by atoms with van der Waals surface area (Å²) in [6, 6.07) is 0. The first-order valence-electron chi connectivity index (χ1n) is 3.13. The predicted molar refractivity (Wildman–Crippen MR) is 40.2 cm³/mol. The highest BCUT2D eigenvalue weighted by Crippen LogP contribution is 2.00. The number of rotatable bonds is 0. The molecule has 0 saturated heterocycles. The molecule has 0 saturated carbocycles. The second-order valence-electron chi connectivity index (χ2n) is 2.11. The Morgan fingerprint density at radius 3 is 3.11 bits per heavy atom. The zero-order valence-corrected chi connectivity index (χ0v) is 5.59. The predicted octanol–water partition coefficient (Wildman–Crippen LogP) is 2.60. The van der Waals surface area contributed by atoms with Gasteiger partial charge in [0.1, 0.15) is 0 Å². The highest BCUT2D eigenvalue weighted by molar-refractivity contribution is 5.18. The third-order valence-electron chi connectivity index (χ3n) is 1.21. The van der Waals surface area contributed by atoms with Crippen LogP contribution in [0.25, 0.3) is 0 Å². The molecule has 9 heavy (non-hydrogen) atoms. The first kappa shape index (κ1) is 6.12. The van der Waals surface area contributed by atoms with Crippen LogP contribution in [0.1, 0.15) is 13.3 Å².